The maximum atomic E-state index is 12.2. The predicted molar refractivity (Wildman–Crippen MR) is 99.1 cm³/mol. The van der Waals surface area contributed by atoms with E-state index < -0.39 is 0 Å². The highest BCUT2D eigenvalue weighted by Crippen LogP contribution is 2.30. The van der Waals surface area contributed by atoms with E-state index in [0.717, 1.165) is 5.56 Å². The van der Waals surface area contributed by atoms with Crippen molar-refractivity contribution < 1.29 is 18.7 Å². The highest BCUT2D eigenvalue weighted by molar-refractivity contribution is 7.99. The Balaban J connectivity index is 1.70. The molecule has 0 aliphatic rings. The first-order valence-electron chi connectivity index (χ1n) is 7.88. The van der Waals surface area contributed by atoms with Gasteiger partial charge in [0.05, 0.1) is 20.0 Å². The number of hydrogen-bond acceptors (Lipinski definition) is 7. The average molecular weight is 370 g/mol. The van der Waals surface area contributed by atoms with E-state index in [2.05, 4.69) is 10.2 Å². The first kappa shape index (κ1) is 18.0. The van der Waals surface area contributed by atoms with Crippen LogP contribution in [0.4, 0.5) is 0 Å². The van der Waals surface area contributed by atoms with Gasteiger partial charge < -0.3 is 13.9 Å². The summed E-state index contributed by atoms with van der Waals surface area (Å²) >= 11 is 1.21. The fourth-order valence-electron chi connectivity index (χ4n) is 2.27. The first-order chi connectivity index (χ1) is 12.6. The van der Waals surface area contributed by atoms with Gasteiger partial charge in [0, 0.05) is 17.2 Å². The molecule has 0 aliphatic carbocycles. The quantitative estimate of drug-likeness (QED) is 0.459. The number of benzene rings is 2. The van der Waals surface area contributed by atoms with E-state index in [0.29, 0.717) is 33.7 Å². The van der Waals surface area contributed by atoms with Crippen LogP contribution in [0.25, 0.3) is 11.5 Å². The molecule has 0 saturated heterocycles. The van der Waals surface area contributed by atoms with E-state index >= 15 is 0 Å². The van der Waals surface area contributed by atoms with Crippen LogP contribution >= 0.6 is 11.8 Å². The molecule has 0 spiro atoms. The number of aromatic nitrogens is 2. The number of thioether (sulfide) groups is 1. The second-order valence-corrected chi connectivity index (χ2v) is 6.48. The zero-order valence-corrected chi connectivity index (χ0v) is 15.5. The molecule has 0 fully saturated rings. The van der Waals surface area contributed by atoms with Gasteiger partial charge in [-0.2, -0.15) is 0 Å². The number of carbonyl (C=O) groups excluding carboxylic acids is 1. The maximum absolute atomic E-state index is 12.2. The monoisotopic (exact) mass is 370 g/mol. The summed E-state index contributed by atoms with van der Waals surface area (Å²) in [5.41, 5.74) is 2.47. The van der Waals surface area contributed by atoms with Gasteiger partial charge >= 0.3 is 0 Å². The van der Waals surface area contributed by atoms with Crippen molar-refractivity contribution in [3.8, 4) is 23.0 Å². The first-order valence-corrected chi connectivity index (χ1v) is 8.87. The average Bonchev–Trinajstić information content (AvgIpc) is 3.15. The number of rotatable bonds is 7. The highest BCUT2D eigenvalue weighted by atomic mass is 32.2. The van der Waals surface area contributed by atoms with Crippen molar-refractivity contribution in [1.29, 1.82) is 0 Å². The molecule has 26 heavy (non-hydrogen) atoms. The van der Waals surface area contributed by atoms with Crippen LogP contribution in [0.15, 0.2) is 52.1 Å². The van der Waals surface area contributed by atoms with Gasteiger partial charge in [-0.15, -0.1) is 10.2 Å². The van der Waals surface area contributed by atoms with Crippen molar-refractivity contribution in [1.82, 2.24) is 10.2 Å². The Kier molecular flexibility index (Phi) is 5.58. The number of carbonyl (C=O) groups is 1. The number of Topliss-reactive ketones (excluding diaryl/α,β-unsaturated/α-hetero) is 1. The molecule has 3 rings (SSSR count). The molecule has 2 aromatic carbocycles. The molecule has 1 heterocycles. The van der Waals surface area contributed by atoms with Crippen LogP contribution in [-0.4, -0.2) is 36.0 Å². The lowest BCUT2D eigenvalue weighted by Crippen LogP contribution is -2.02. The lowest BCUT2D eigenvalue weighted by molar-refractivity contribution is 0.102. The van der Waals surface area contributed by atoms with Crippen molar-refractivity contribution in [3.05, 3.63) is 53.6 Å². The molecule has 7 heteroatoms. The molecule has 0 amide bonds. The molecule has 3 aromatic rings. The third-order valence-corrected chi connectivity index (χ3v) is 4.52. The predicted octanol–water partition coefficient (Wildman–Crippen LogP) is 4.04. The Bertz CT molecular complexity index is 884. The van der Waals surface area contributed by atoms with Crippen LogP contribution in [0.2, 0.25) is 0 Å². The number of methoxy groups -OCH3 is 2. The van der Waals surface area contributed by atoms with Crippen LogP contribution in [-0.2, 0) is 0 Å². The van der Waals surface area contributed by atoms with Crippen molar-refractivity contribution >= 4 is 17.5 Å². The summed E-state index contributed by atoms with van der Waals surface area (Å²) in [6.45, 7) is 1.98. The second kappa shape index (κ2) is 8.05. The third-order valence-electron chi connectivity index (χ3n) is 3.71. The molecule has 0 saturated carbocycles. The summed E-state index contributed by atoms with van der Waals surface area (Å²) in [6, 6.07) is 12.8. The highest BCUT2D eigenvalue weighted by Gasteiger charge is 2.14. The Morgan fingerprint density at radius 1 is 1.04 bits per heavy atom. The molecule has 0 bridgehead atoms. The van der Waals surface area contributed by atoms with Gasteiger partial charge in [-0.25, -0.2) is 0 Å². The van der Waals surface area contributed by atoms with Crippen molar-refractivity contribution in [2.75, 3.05) is 20.0 Å². The van der Waals surface area contributed by atoms with E-state index in [9.17, 15) is 4.79 Å². The minimum Gasteiger partial charge on any atom is -0.497 e. The number of ketones is 1. The Labute approximate surface area is 155 Å². The molecule has 6 nitrogen and oxygen atoms in total. The molecule has 0 atom stereocenters. The molecule has 0 aliphatic heterocycles. The fraction of sp³-hybridized carbons (Fsp3) is 0.211. The van der Waals surface area contributed by atoms with E-state index in [4.69, 9.17) is 13.9 Å². The number of hydrogen-bond donors (Lipinski definition) is 0. The number of ether oxygens (including phenoxy) is 2. The van der Waals surface area contributed by atoms with E-state index in [-0.39, 0.29) is 11.5 Å². The standard InChI is InChI=1S/C19H18N2O4S/c1-12-4-6-13(7-5-12)17(22)11-26-19-21-20-18(25-19)14-8-15(23-2)10-16(9-14)24-3/h4-10H,11H2,1-3H3. The third kappa shape index (κ3) is 4.23. The zero-order valence-electron chi connectivity index (χ0n) is 14.7. The second-order valence-electron chi connectivity index (χ2n) is 5.55. The summed E-state index contributed by atoms with van der Waals surface area (Å²) in [4.78, 5) is 12.2. The van der Waals surface area contributed by atoms with Gasteiger partial charge in [0.25, 0.3) is 5.22 Å². The summed E-state index contributed by atoms with van der Waals surface area (Å²) in [5, 5.41) is 8.37. The number of aryl methyl sites for hydroxylation is 1. The van der Waals surface area contributed by atoms with Gasteiger partial charge in [0.15, 0.2) is 5.78 Å². The molecule has 0 unspecified atom stereocenters. The van der Waals surface area contributed by atoms with E-state index in [1.807, 2.05) is 31.2 Å². The van der Waals surface area contributed by atoms with Gasteiger partial charge in [-0.3, -0.25) is 4.79 Å². The van der Waals surface area contributed by atoms with Gasteiger partial charge in [0.2, 0.25) is 5.89 Å². The van der Waals surface area contributed by atoms with Crippen molar-refractivity contribution in [2.24, 2.45) is 0 Å². The fourth-order valence-corrected chi connectivity index (χ4v) is 2.92. The lowest BCUT2D eigenvalue weighted by atomic mass is 10.1. The Morgan fingerprint density at radius 3 is 2.31 bits per heavy atom. The molecule has 0 N–H and O–H groups in total. The van der Waals surface area contributed by atoms with Gasteiger partial charge in [0.1, 0.15) is 11.5 Å². The van der Waals surface area contributed by atoms with Crippen molar-refractivity contribution in [2.45, 2.75) is 12.1 Å². The molecule has 0 radical (unpaired) electrons. The van der Waals surface area contributed by atoms with E-state index in [1.54, 1.807) is 32.4 Å². The summed E-state index contributed by atoms with van der Waals surface area (Å²) in [5.74, 6) is 1.83. The zero-order chi connectivity index (χ0) is 18.5. The minimum absolute atomic E-state index is 0.0119. The molecule has 1 aromatic heterocycles. The van der Waals surface area contributed by atoms with Crippen LogP contribution in [0, 0.1) is 6.92 Å². The summed E-state index contributed by atoms with van der Waals surface area (Å²) < 4.78 is 16.1. The van der Waals surface area contributed by atoms with Crippen LogP contribution in [0.3, 0.4) is 0 Å². The molecular formula is C19H18N2O4S. The number of nitrogens with zero attached hydrogens (tertiary/aromatic N) is 2. The summed E-state index contributed by atoms with van der Waals surface area (Å²) in [7, 11) is 3.15. The summed E-state index contributed by atoms with van der Waals surface area (Å²) in [6.07, 6.45) is 0. The van der Waals surface area contributed by atoms with Gasteiger partial charge in [-0.1, -0.05) is 41.6 Å². The maximum Gasteiger partial charge on any atom is 0.277 e. The van der Waals surface area contributed by atoms with E-state index in [1.165, 1.54) is 11.8 Å². The van der Waals surface area contributed by atoms with Crippen LogP contribution < -0.4 is 9.47 Å². The Morgan fingerprint density at radius 2 is 1.69 bits per heavy atom. The largest absolute Gasteiger partial charge is 0.497 e. The normalized spacial score (nSPS) is 10.6. The van der Waals surface area contributed by atoms with Crippen LogP contribution in [0.5, 0.6) is 11.5 Å². The smallest absolute Gasteiger partial charge is 0.277 e. The SMILES string of the molecule is COc1cc(OC)cc(-c2nnc(SCC(=O)c3ccc(C)cc3)o2)c1. The van der Waals surface area contributed by atoms with Crippen molar-refractivity contribution in [3.63, 3.8) is 0 Å². The minimum atomic E-state index is 0.0119. The molecular weight excluding hydrogens is 352 g/mol. The van der Waals surface area contributed by atoms with Crippen LogP contribution in [0.1, 0.15) is 15.9 Å². The Hall–Kier alpha value is -2.80. The topological polar surface area (TPSA) is 74.5 Å². The molecule has 134 valence electrons. The van der Waals surface area contributed by atoms with Gasteiger partial charge in [-0.05, 0) is 19.1 Å². The lowest BCUT2D eigenvalue weighted by Gasteiger charge is -2.05.